The van der Waals surface area contributed by atoms with Gasteiger partial charge in [-0.15, -0.1) is 0 Å². The number of carbonyl (C=O) groups is 2. The van der Waals surface area contributed by atoms with Crippen molar-refractivity contribution >= 4 is 11.8 Å². The molecular formula is C14H29N3O2. The molecule has 1 atom stereocenters. The molecule has 0 aromatic carbocycles. The molecule has 0 aromatic rings. The smallest absolute Gasteiger partial charge is 0.234 e. The summed E-state index contributed by atoms with van der Waals surface area (Å²) in [6.07, 6.45) is 2.43. The Kier molecular flexibility index (Phi) is 8.39. The minimum atomic E-state index is -0.204. The SMILES string of the molecule is CCCC(C)NC(=O)CNCCC(=O)NC(C)(C)C. The maximum Gasteiger partial charge on any atom is 0.234 e. The van der Waals surface area contributed by atoms with E-state index in [1.54, 1.807) is 0 Å². The van der Waals surface area contributed by atoms with E-state index in [1.165, 1.54) is 0 Å². The zero-order chi connectivity index (χ0) is 14.9. The molecule has 112 valence electrons. The fourth-order valence-electron chi connectivity index (χ4n) is 1.72. The van der Waals surface area contributed by atoms with E-state index in [-0.39, 0.29) is 29.9 Å². The Balaban J connectivity index is 3.64. The lowest BCUT2D eigenvalue weighted by atomic mass is 10.1. The van der Waals surface area contributed by atoms with Crippen LogP contribution in [0.15, 0.2) is 0 Å². The normalized spacial score (nSPS) is 12.9. The van der Waals surface area contributed by atoms with Crippen LogP contribution in [0.1, 0.15) is 53.9 Å². The number of rotatable bonds is 8. The molecule has 3 N–H and O–H groups in total. The van der Waals surface area contributed by atoms with Gasteiger partial charge < -0.3 is 16.0 Å². The average Bonchev–Trinajstić information content (AvgIpc) is 2.22. The van der Waals surface area contributed by atoms with Gasteiger partial charge in [-0.05, 0) is 34.1 Å². The summed E-state index contributed by atoms with van der Waals surface area (Å²) >= 11 is 0. The average molecular weight is 271 g/mol. The zero-order valence-corrected chi connectivity index (χ0v) is 12.9. The Bertz CT molecular complexity index is 285. The second kappa shape index (κ2) is 8.91. The summed E-state index contributed by atoms with van der Waals surface area (Å²) in [5, 5.41) is 8.76. The van der Waals surface area contributed by atoms with Gasteiger partial charge in [-0.2, -0.15) is 0 Å². The van der Waals surface area contributed by atoms with Crippen molar-refractivity contribution in [1.29, 1.82) is 0 Å². The molecule has 0 spiro atoms. The third-order valence-corrected chi connectivity index (χ3v) is 2.46. The molecule has 0 bridgehead atoms. The first kappa shape index (κ1) is 17.9. The van der Waals surface area contributed by atoms with Crippen LogP contribution >= 0.6 is 0 Å². The van der Waals surface area contributed by atoms with Gasteiger partial charge >= 0.3 is 0 Å². The predicted octanol–water partition coefficient (Wildman–Crippen LogP) is 1.19. The van der Waals surface area contributed by atoms with Crippen LogP contribution in [0.3, 0.4) is 0 Å². The van der Waals surface area contributed by atoms with Crippen molar-refractivity contribution in [1.82, 2.24) is 16.0 Å². The fourth-order valence-corrected chi connectivity index (χ4v) is 1.72. The summed E-state index contributed by atoms with van der Waals surface area (Å²) in [6, 6.07) is 0.212. The minimum absolute atomic E-state index is 0.000223. The van der Waals surface area contributed by atoms with Crippen molar-refractivity contribution in [3.8, 4) is 0 Å². The van der Waals surface area contributed by atoms with E-state index in [1.807, 2.05) is 27.7 Å². The number of amides is 2. The highest BCUT2D eigenvalue weighted by Crippen LogP contribution is 1.98. The Hall–Kier alpha value is -1.10. The highest BCUT2D eigenvalue weighted by molar-refractivity contribution is 5.79. The van der Waals surface area contributed by atoms with Gasteiger partial charge in [0.1, 0.15) is 0 Å². The first-order chi connectivity index (χ1) is 8.74. The summed E-state index contributed by atoms with van der Waals surface area (Å²) in [7, 11) is 0. The van der Waals surface area contributed by atoms with Gasteiger partial charge in [0.05, 0.1) is 6.54 Å². The molecule has 0 aliphatic carbocycles. The molecule has 19 heavy (non-hydrogen) atoms. The predicted molar refractivity (Wildman–Crippen MR) is 77.9 cm³/mol. The van der Waals surface area contributed by atoms with E-state index in [0.717, 1.165) is 12.8 Å². The Morgan fingerprint density at radius 2 is 1.79 bits per heavy atom. The molecule has 0 radical (unpaired) electrons. The van der Waals surface area contributed by atoms with Gasteiger partial charge in [0.2, 0.25) is 11.8 Å². The minimum Gasteiger partial charge on any atom is -0.353 e. The van der Waals surface area contributed by atoms with E-state index in [0.29, 0.717) is 13.0 Å². The van der Waals surface area contributed by atoms with Crippen LogP contribution in [-0.4, -0.2) is 36.5 Å². The number of carbonyl (C=O) groups excluding carboxylic acids is 2. The van der Waals surface area contributed by atoms with Gasteiger partial charge in [-0.3, -0.25) is 9.59 Å². The van der Waals surface area contributed by atoms with Gasteiger partial charge in [-0.1, -0.05) is 13.3 Å². The summed E-state index contributed by atoms with van der Waals surface area (Å²) in [4.78, 5) is 23.0. The van der Waals surface area contributed by atoms with E-state index in [4.69, 9.17) is 0 Å². The summed E-state index contributed by atoms with van der Waals surface area (Å²) < 4.78 is 0. The second-order valence-corrected chi connectivity index (χ2v) is 5.98. The fraction of sp³-hybridized carbons (Fsp3) is 0.857. The number of nitrogens with one attached hydrogen (secondary N) is 3. The molecule has 0 saturated heterocycles. The van der Waals surface area contributed by atoms with Gasteiger partial charge in [-0.25, -0.2) is 0 Å². The molecule has 0 saturated carbocycles. The maximum atomic E-state index is 11.5. The number of hydrogen-bond donors (Lipinski definition) is 3. The summed E-state index contributed by atoms with van der Waals surface area (Å²) in [5.41, 5.74) is -0.204. The van der Waals surface area contributed by atoms with Crippen molar-refractivity contribution in [3.05, 3.63) is 0 Å². The molecule has 0 aromatic heterocycles. The van der Waals surface area contributed by atoms with Crippen molar-refractivity contribution in [2.75, 3.05) is 13.1 Å². The summed E-state index contributed by atoms with van der Waals surface area (Å²) in [6.45, 7) is 10.7. The van der Waals surface area contributed by atoms with Crippen LogP contribution in [0.5, 0.6) is 0 Å². The molecule has 5 heteroatoms. The topological polar surface area (TPSA) is 70.2 Å². The highest BCUT2D eigenvalue weighted by Gasteiger charge is 2.13. The lowest BCUT2D eigenvalue weighted by Crippen LogP contribution is -2.43. The molecular weight excluding hydrogens is 242 g/mol. The largest absolute Gasteiger partial charge is 0.353 e. The first-order valence-electron chi connectivity index (χ1n) is 7.05. The van der Waals surface area contributed by atoms with Crippen LogP contribution in [0.25, 0.3) is 0 Å². The monoisotopic (exact) mass is 271 g/mol. The van der Waals surface area contributed by atoms with E-state index in [9.17, 15) is 9.59 Å². The van der Waals surface area contributed by atoms with Gasteiger partial charge in [0.25, 0.3) is 0 Å². The van der Waals surface area contributed by atoms with E-state index < -0.39 is 0 Å². The zero-order valence-electron chi connectivity index (χ0n) is 12.9. The lowest BCUT2D eigenvalue weighted by molar-refractivity contribution is -0.123. The molecule has 0 aliphatic heterocycles. The molecule has 2 amide bonds. The Labute approximate surface area is 116 Å². The maximum absolute atomic E-state index is 11.5. The molecule has 0 rings (SSSR count). The quantitative estimate of drug-likeness (QED) is 0.581. The van der Waals surface area contributed by atoms with Gasteiger partial charge in [0.15, 0.2) is 0 Å². The standard InChI is InChI=1S/C14H29N3O2/c1-6-7-11(2)16-13(19)10-15-9-8-12(18)17-14(3,4)5/h11,15H,6-10H2,1-5H3,(H,16,19)(H,17,18). The highest BCUT2D eigenvalue weighted by atomic mass is 16.2. The van der Waals surface area contributed by atoms with Crippen LogP contribution in [0.2, 0.25) is 0 Å². The second-order valence-electron chi connectivity index (χ2n) is 5.98. The van der Waals surface area contributed by atoms with Crippen molar-refractivity contribution < 1.29 is 9.59 Å². The van der Waals surface area contributed by atoms with Crippen molar-refractivity contribution in [3.63, 3.8) is 0 Å². The van der Waals surface area contributed by atoms with Crippen LogP contribution in [0, 0.1) is 0 Å². The van der Waals surface area contributed by atoms with Crippen molar-refractivity contribution in [2.24, 2.45) is 0 Å². The van der Waals surface area contributed by atoms with E-state index in [2.05, 4.69) is 22.9 Å². The Morgan fingerprint density at radius 1 is 1.16 bits per heavy atom. The lowest BCUT2D eigenvalue weighted by Gasteiger charge is -2.20. The van der Waals surface area contributed by atoms with Gasteiger partial charge in [0, 0.05) is 24.5 Å². The van der Waals surface area contributed by atoms with Crippen molar-refractivity contribution in [2.45, 2.75) is 65.5 Å². The molecule has 0 fully saturated rings. The summed E-state index contributed by atoms with van der Waals surface area (Å²) in [5.74, 6) is -0.0167. The first-order valence-corrected chi connectivity index (χ1v) is 7.05. The molecule has 0 heterocycles. The molecule has 1 unspecified atom stereocenters. The van der Waals surface area contributed by atoms with E-state index >= 15 is 0 Å². The third-order valence-electron chi connectivity index (χ3n) is 2.46. The molecule has 5 nitrogen and oxygen atoms in total. The number of hydrogen-bond acceptors (Lipinski definition) is 3. The Morgan fingerprint density at radius 3 is 2.32 bits per heavy atom. The van der Waals surface area contributed by atoms with Crippen LogP contribution in [0.4, 0.5) is 0 Å². The third kappa shape index (κ3) is 11.7. The van der Waals surface area contributed by atoms with Crippen LogP contribution < -0.4 is 16.0 Å². The van der Waals surface area contributed by atoms with Crippen LogP contribution in [-0.2, 0) is 9.59 Å². The molecule has 0 aliphatic rings.